The monoisotopic (exact) mass is 520 g/mol. The molecule has 0 unspecified atom stereocenters. The Labute approximate surface area is 225 Å². The molecule has 0 bridgehead atoms. The highest BCUT2D eigenvalue weighted by Gasteiger charge is 2.39. The van der Waals surface area contributed by atoms with Crippen LogP contribution in [0.25, 0.3) is 0 Å². The highest BCUT2D eigenvalue weighted by molar-refractivity contribution is 6.30. The van der Waals surface area contributed by atoms with Crippen molar-refractivity contribution in [2.24, 2.45) is 5.92 Å². The molecule has 5 heteroatoms. The summed E-state index contributed by atoms with van der Waals surface area (Å²) in [4.78, 5) is 39.8. The van der Waals surface area contributed by atoms with Crippen molar-refractivity contribution in [1.82, 2.24) is 0 Å². The van der Waals surface area contributed by atoms with E-state index in [9.17, 15) is 14.4 Å². The van der Waals surface area contributed by atoms with Gasteiger partial charge in [-0.1, -0.05) is 93.4 Å². The highest BCUT2D eigenvalue weighted by atomic mass is 35.5. The predicted octanol–water partition coefficient (Wildman–Crippen LogP) is 8.63. The molecule has 0 aromatic heterocycles. The largest absolute Gasteiger partial charge is 0.422 e. The molecular formula is C32H37ClO4. The normalized spacial score (nSPS) is 19.6. The second-order valence-corrected chi connectivity index (χ2v) is 10.8. The average Bonchev–Trinajstić information content (AvgIpc) is 2.92. The number of esters is 1. The number of Topliss-reactive ketones (excluding diaryl/α,β-unsaturated/α-hetero) is 2. The van der Waals surface area contributed by atoms with E-state index in [1.807, 2.05) is 12.1 Å². The number of unbranched alkanes of at least 4 members (excludes halogenated alkanes) is 6. The van der Waals surface area contributed by atoms with Crippen molar-refractivity contribution in [2.75, 3.05) is 0 Å². The fourth-order valence-corrected chi connectivity index (χ4v) is 5.81. The number of hydrogen-bond acceptors (Lipinski definition) is 4. The van der Waals surface area contributed by atoms with E-state index < -0.39 is 5.97 Å². The van der Waals surface area contributed by atoms with Crippen molar-refractivity contribution in [3.05, 3.63) is 81.6 Å². The van der Waals surface area contributed by atoms with Gasteiger partial charge in [-0.05, 0) is 61.6 Å². The summed E-state index contributed by atoms with van der Waals surface area (Å²) >= 11 is 6.05. The van der Waals surface area contributed by atoms with Crippen LogP contribution in [0.2, 0.25) is 5.02 Å². The molecule has 0 N–H and O–H groups in total. The van der Waals surface area contributed by atoms with Crippen LogP contribution in [0.1, 0.15) is 116 Å². The maximum absolute atomic E-state index is 13.6. The number of ketones is 2. The molecule has 2 aromatic rings. The van der Waals surface area contributed by atoms with E-state index in [1.165, 1.54) is 31.2 Å². The summed E-state index contributed by atoms with van der Waals surface area (Å²) in [5.41, 5.74) is 2.37. The fourth-order valence-electron chi connectivity index (χ4n) is 5.69. The minimum absolute atomic E-state index is 0.0356. The van der Waals surface area contributed by atoms with Crippen LogP contribution in [0.4, 0.5) is 0 Å². The van der Waals surface area contributed by atoms with Gasteiger partial charge in [0.15, 0.2) is 11.5 Å². The van der Waals surface area contributed by atoms with E-state index in [0.29, 0.717) is 22.6 Å². The van der Waals surface area contributed by atoms with Crippen molar-refractivity contribution < 1.29 is 19.1 Å². The number of allylic oxidation sites excluding steroid dienone is 2. The van der Waals surface area contributed by atoms with Gasteiger partial charge >= 0.3 is 5.97 Å². The molecule has 4 nitrogen and oxygen atoms in total. The summed E-state index contributed by atoms with van der Waals surface area (Å²) in [6.07, 6.45) is 11.3. The average molecular weight is 521 g/mol. The first-order chi connectivity index (χ1) is 18.0. The number of carbonyl (C=O) groups excluding carboxylic acids is 3. The molecule has 196 valence electrons. The highest BCUT2D eigenvalue weighted by Crippen LogP contribution is 2.42. The third kappa shape index (κ3) is 6.78. The second kappa shape index (κ2) is 13.2. The summed E-state index contributed by atoms with van der Waals surface area (Å²) in [7, 11) is 0. The van der Waals surface area contributed by atoms with Crippen LogP contribution in [-0.2, 0) is 9.53 Å². The van der Waals surface area contributed by atoms with E-state index in [1.54, 1.807) is 24.3 Å². The Hall–Kier alpha value is -2.72. The van der Waals surface area contributed by atoms with Gasteiger partial charge in [-0.25, -0.2) is 0 Å². The molecular weight excluding hydrogens is 484 g/mol. The maximum Gasteiger partial charge on any atom is 0.311 e. The number of carbonyl (C=O) groups is 3. The standard InChI is InChI=1S/C32H37ClO4/c1-2-3-4-5-6-7-8-13-28(34)37-32-29(30(35)26-11-9-10-12-27(26)31(32)36)24-16-14-22(15-17-24)23-18-20-25(33)21-19-23/h9-12,18-22,24H,2-8,13-17H2,1H3. The smallest absolute Gasteiger partial charge is 0.311 e. The molecule has 37 heavy (non-hydrogen) atoms. The third-order valence-corrected chi connectivity index (χ3v) is 8.04. The van der Waals surface area contributed by atoms with Gasteiger partial charge in [-0.3, -0.25) is 14.4 Å². The van der Waals surface area contributed by atoms with E-state index in [4.69, 9.17) is 16.3 Å². The van der Waals surface area contributed by atoms with Crippen LogP contribution in [0.15, 0.2) is 59.9 Å². The molecule has 1 saturated carbocycles. The molecule has 0 amide bonds. The number of benzene rings is 2. The van der Waals surface area contributed by atoms with Gasteiger partial charge in [0, 0.05) is 22.6 Å². The lowest BCUT2D eigenvalue weighted by Crippen LogP contribution is -2.30. The van der Waals surface area contributed by atoms with Crippen molar-refractivity contribution in [1.29, 1.82) is 0 Å². The van der Waals surface area contributed by atoms with Crippen LogP contribution < -0.4 is 0 Å². The molecule has 0 heterocycles. The second-order valence-electron chi connectivity index (χ2n) is 10.4. The Morgan fingerprint density at radius 2 is 1.35 bits per heavy atom. The zero-order valence-corrected chi connectivity index (χ0v) is 22.5. The zero-order chi connectivity index (χ0) is 26.2. The summed E-state index contributed by atoms with van der Waals surface area (Å²) < 4.78 is 5.72. The van der Waals surface area contributed by atoms with Gasteiger partial charge in [-0.15, -0.1) is 0 Å². The fraction of sp³-hybridized carbons (Fsp3) is 0.469. The van der Waals surface area contributed by atoms with Crippen LogP contribution in [0.5, 0.6) is 0 Å². The van der Waals surface area contributed by atoms with Gasteiger partial charge in [-0.2, -0.15) is 0 Å². The number of halogens is 1. The Morgan fingerprint density at radius 1 is 0.784 bits per heavy atom. The molecule has 0 atom stereocenters. The minimum Gasteiger partial charge on any atom is -0.422 e. The Kier molecular flexibility index (Phi) is 9.74. The topological polar surface area (TPSA) is 60.4 Å². The van der Waals surface area contributed by atoms with Crippen LogP contribution >= 0.6 is 11.6 Å². The molecule has 0 aliphatic heterocycles. The van der Waals surface area contributed by atoms with Gasteiger partial charge in [0.05, 0.1) is 5.57 Å². The first-order valence-corrected chi connectivity index (χ1v) is 14.3. The van der Waals surface area contributed by atoms with Gasteiger partial charge in [0.1, 0.15) is 0 Å². The Morgan fingerprint density at radius 3 is 2.00 bits per heavy atom. The van der Waals surface area contributed by atoms with Crippen molar-refractivity contribution >= 4 is 29.1 Å². The zero-order valence-electron chi connectivity index (χ0n) is 21.8. The summed E-state index contributed by atoms with van der Waals surface area (Å²) in [5.74, 6) is -0.696. The van der Waals surface area contributed by atoms with Crippen molar-refractivity contribution in [3.8, 4) is 0 Å². The first kappa shape index (κ1) is 27.3. The van der Waals surface area contributed by atoms with Gasteiger partial charge < -0.3 is 4.74 Å². The maximum atomic E-state index is 13.6. The molecule has 0 spiro atoms. The summed E-state index contributed by atoms with van der Waals surface area (Å²) in [6.45, 7) is 2.19. The Bertz CT molecular complexity index is 1140. The van der Waals surface area contributed by atoms with Crippen LogP contribution in [0.3, 0.4) is 0 Å². The lowest BCUT2D eigenvalue weighted by molar-refractivity contribution is -0.139. The number of hydrogen-bond donors (Lipinski definition) is 0. The summed E-state index contributed by atoms with van der Waals surface area (Å²) in [6, 6.07) is 14.8. The molecule has 2 aromatic carbocycles. The number of ether oxygens (including phenoxy) is 1. The summed E-state index contributed by atoms with van der Waals surface area (Å²) in [5, 5.41) is 0.718. The van der Waals surface area contributed by atoms with E-state index in [2.05, 4.69) is 19.1 Å². The minimum atomic E-state index is -0.420. The predicted molar refractivity (Wildman–Crippen MR) is 147 cm³/mol. The lowest BCUT2D eigenvalue weighted by atomic mass is 9.72. The van der Waals surface area contributed by atoms with Crippen molar-refractivity contribution in [3.63, 3.8) is 0 Å². The molecule has 2 aliphatic carbocycles. The quantitative estimate of drug-likeness (QED) is 0.220. The SMILES string of the molecule is CCCCCCCCCC(=O)OC1=C(C2CCC(c3ccc(Cl)cc3)CC2)C(=O)c2ccccc2C1=O. The van der Waals surface area contributed by atoms with Gasteiger partial charge in [0.25, 0.3) is 0 Å². The third-order valence-electron chi connectivity index (χ3n) is 7.79. The lowest BCUT2D eigenvalue weighted by Gasteiger charge is -2.32. The Balaban J connectivity index is 1.46. The number of rotatable bonds is 11. The van der Waals surface area contributed by atoms with Crippen molar-refractivity contribution in [2.45, 2.75) is 89.9 Å². The first-order valence-electron chi connectivity index (χ1n) is 13.9. The van der Waals surface area contributed by atoms with Crippen LogP contribution in [-0.4, -0.2) is 17.5 Å². The van der Waals surface area contributed by atoms with E-state index >= 15 is 0 Å². The van der Waals surface area contributed by atoms with Gasteiger partial charge in [0.2, 0.25) is 5.78 Å². The van der Waals surface area contributed by atoms with E-state index in [-0.39, 0.29) is 29.7 Å². The molecule has 0 radical (unpaired) electrons. The molecule has 0 saturated heterocycles. The molecule has 1 fully saturated rings. The molecule has 4 rings (SSSR count). The molecule has 2 aliphatic rings. The van der Waals surface area contributed by atoms with Crippen LogP contribution in [0, 0.1) is 5.92 Å². The van der Waals surface area contributed by atoms with E-state index in [0.717, 1.165) is 50.0 Å². The number of fused-ring (bicyclic) bond motifs is 1.